The summed E-state index contributed by atoms with van der Waals surface area (Å²) in [6, 6.07) is 13.8. The van der Waals surface area contributed by atoms with Gasteiger partial charge in [-0.15, -0.1) is 0 Å². The molecule has 2 aromatic heterocycles. The third-order valence-corrected chi connectivity index (χ3v) is 6.33. The van der Waals surface area contributed by atoms with Crippen LogP contribution in [0.4, 0.5) is 0 Å². The number of nitrogens with zero attached hydrogens (tertiary/aromatic N) is 3. The quantitative estimate of drug-likeness (QED) is 0.536. The topological polar surface area (TPSA) is 76.3 Å². The number of ether oxygens (including phenoxy) is 1. The first-order chi connectivity index (χ1) is 14.7. The van der Waals surface area contributed by atoms with Crippen LogP contribution in [0.15, 0.2) is 51.8 Å². The number of hydrogen-bond donors (Lipinski definition) is 1. The summed E-state index contributed by atoms with van der Waals surface area (Å²) < 4.78 is 12.8. The minimum atomic E-state index is -0.0402. The molecule has 0 radical (unpaired) electrons. The van der Waals surface area contributed by atoms with Crippen molar-refractivity contribution in [1.29, 1.82) is 0 Å². The number of H-pyrrole nitrogens is 1. The average molecular weight is 406 g/mol. The maximum Gasteiger partial charge on any atom is 0.327 e. The van der Waals surface area contributed by atoms with Gasteiger partial charge in [0.1, 0.15) is 5.75 Å². The molecule has 1 atom stereocenters. The van der Waals surface area contributed by atoms with Gasteiger partial charge in [-0.05, 0) is 43.5 Å². The molecule has 0 aliphatic carbocycles. The van der Waals surface area contributed by atoms with E-state index in [1.807, 2.05) is 47.0 Å². The number of nitrogens with one attached hydrogen (secondary N) is 1. The van der Waals surface area contributed by atoms with E-state index in [9.17, 15) is 4.79 Å². The Labute approximate surface area is 174 Å². The first-order valence-electron chi connectivity index (χ1n) is 10.6. The van der Waals surface area contributed by atoms with E-state index in [0.29, 0.717) is 5.92 Å². The van der Waals surface area contributed by atoms with Gasteiger partial charge in [0.2, 0.25) is 0 Å². The fraction of sp³-hybridized carbons (Fsp3) is 0.391. The number of imidazole rings is 1. The van der Waals surface area contributed by atoms with Gasteiger partial charge in [-0.1, -0.05) is 24.2 Å². The summed E-state index contributed by atoms with van der Waals surface area (Å²) in [5.74, 6) is 1.13. The molecule has 156 valence electrons. The lowest BCUT2D eigenvalue weighted by atomic mass is 9.91. The summed E-state index contributed by atoms with van der Waals surface area (Å²) in [5, 5.41) is 5.44. The molecule has 4 aromatic rings. The monoisotopic (exact) mass is 406 g/mol. The standard InChI is InChI=1S/C23H26N4O3/c1-3-21(27-19-7-5-4-6-18(19)24-23(27)28)26-12-10-15(11-13-26)22-17-9-8-16(29-2)14-20(17)30-25-22/h4-9,14-15,21H,3,10-13H2,1-2H3,(H,24,28). The molecule has 0 bridgehead atoms. The van der Waals surface area contributed by atoms with Crippen molar-refractivity contribution < 1.29 is 9.26 Å². The summed E-state index contributed by atoms with van der Waals surface area (Å²) in [4.78, 5) is 18.1. The van der Waals surface area contributed by atoms with E-state index in [1.54, 1.807) is 7.11 Å². The Morgan fingerprint density at radius 2 is 2.03 bits per heavy atom. The second-order valence-corrected chi connectivity index (χ2v) is 7.95. The van der Waals surface area contributed by atoms with Gasteiger partial charge in [0.05, 0.1) is 30.0 Å². The highest BCUT2D eigenvalue weighted by Gasteiger charge is 2.30. The van der Waals surface area contributed by atoms with Crippen LogP contribution in [0, 0.1) is 0 Å². The largest absolute Gasteiger partial charge is 0.497 e. The van der Waals surface area contributed by atoms with Crippen molar-refractivity contribution in [3.05, 3.63) is 58.6 Å². The maximum atomic E-state index is 12.7. The van der Waals surface area contributed by atoms with Crippen molar-refractivity contribution in [2.24, 2.45) is 0 Å². The Morgan fingerprint density at radius 1 is 1.23 bits per heavy atom. The minimum Gasteiger partial charge on any atom is -0.497 e. The number of likely N-dealkylation sites (tertiary alicyclic amines) is 1. The Morgan fingerprint density at radius 3 is 2.80 bits per heavy atom. The number of hydrogen-bond acceptors (Lipinski definition) is 5. The summed E-state index contributed by atoms with van der Waals surface area (Å²) in [6.07, 6.45) is 2.90. The number of rotatable bonds is 5. The summed E-state index contributed by atoms with van der Waals surface area (Å²) in [7, 11) is 1.65. The highest BCUT2D eigenvalue weighted by molar-refractivity contribution is 5.81. The average Bonchev–Trinajstić information content (AvgIpc) is 3.35. The van der Waals surface area contributed by atoms with Crippen LogP contribution in [-0.2, 0) is 0 Å². The van der Waals surface area contributed by atoms with Crippen molar-refractivity contribution in [3.8, 4) is 5.75 Å². The number of benzene rings is 2. The molecule has 7 heteroatoms. The van der Waals surface area contributed by atoms with Crippen LogP contribution in [0.5, 0.6) is 5.75 Å². The van der Waals surface area contributed by atoms with E-state index < -0.39 is 0 Å². The smallest absolute Gasteiger partial charge is 0.327 e. The van der Waals surface area contributed by atoms with E-state index in [2.05, 4.69) is 22.0 Å². The zero-order valence-corrected chi connectivity index (χ0v) is 17.3. The van der Waals surface area contributed by atoms with Gasteiger partial charge in [-0.2, -0.15) is 0 Å². The van der Waals surface area contributed by atoms with Gasteiger partial charge in [0.15, 0.2) is 5.58 Å². The highest BCUT2D eigenvalue weighted by atomic mass is 16.5. The van der Waals surface area contributed by atoms with E-state index in [1.165, 1.54) is 0 Å². The molecule has 0 spiro atoms. The molecule has 1 saturated heterocycles. The number of para-hydroxylation sites is 2. The van der Waals surface area contributed by atoms with Crippen molar-refractivity contribution in [2.75, 3.05) is 20.2 Å². The normalized spacial score (nSPS) is 17.0. The molecular weight excluding hydrogens is 380 g/mol. The van der Waals surface area contributed by atoms with E-state index in [-0.39, 0.29) is 11.9 Å². The summed E-state index contributed by atoms with van der Waals surface area (Å²) in [5.41, 5.74) is 3.61. The van der Waals surface area contributed by atoms with Gasteiger partial charge in [0, 0.05) is 30.5 Å². The minimum absolute atomic E-state index is 0.0402. The second kappa shape index (κ2) is 7.65. The van der Waals surface area contributed by atoms with Crippen molar-refractivity contribution >= 4 is 22.0 Å². The van der Waals surface area contributed by atoms with Gasteiger partial charge < -0.3 is 14.2 Å². The predicted molar refractivity (Wildman–Crippen MR) is 116 cm³/mol. The second-order valence-electron chi connectivity index (χ2n) is 7.95. The molecular formula is C23H26N4O3. The van der Waals surface area contributed by atoms with Crippen molar-refractivity contribution in [3.63, 3.8) is 0 Å². The molecule has 0 saturated carbocycles. The molecule has 1 unspecified atom stereocenters. The van der Waals surface area contributed by atoms with Crippen LogP contribution >= 0.6 is 0 Å². The lowest BCUT2D eigenvalue weighted by Gasteiger charge is -2.37. The molecule has 30 heavy (non-hydrogen) atoms. The number of methoxy groups -OCH3 is 1. The molecule has 1 N–H and O–H groups in total. The van der Waals surface area contributed by atoms with Gasteiger partial charge >= 0.3 is 5.69 Å². The van der Waals surface area contributed by atoms with Crippen LogP contribution in [-0.4, -0.2) is 39.8 Å². The third-order valence-electron chi connectivity index (χ3n) is 6.33. The van der Waals surface area contributed by atoms with E-state index in [4.69, 9.17) is 9.26 Å². The molecule has 7 nitrogen and oxygen atoms in total. The first kappa shape index (κ1) is 18.9. The van der Waals surface area contributed by atoms with Crippen LogP contribution in [0.1, 0.15) is 44.0 Å². The van der Waals surface area contributed by atoms with Gasteiger partial charge in [-0.25, -0.2) is 4.79 Å². The Kier molecular flexibility index (Phi) is 4.83. The molecule has 0 amide bonds. The highest BCUT2D eigenvalue weighted by Crippen LogP contribution is 2.35. The molecule has 1 fully saturated rings. The zero-order chi connectivity index (χ0) is 20.7. The SMILES string of the molecule is CCC(N1CCC(c2noc3cc(OC)ccc23)CC1)n1c(=O)[nH]c2ccccc21. The summed E-state index contributed by atoms with van der Waals surface area (Å²) >= 11 is 0. The molecule has 2 aromatic carbocycles. The first-order valence-corrected chi connectivity index (χ1v) is 10.6. The molecule has 1 aliphatic rings. The van der Waals surface area contributed by atoms with Crippen LogP contribution < -0.4 is 10.4 Å². The Bertz CT molecular complexity index is 1230. The van der Waals surface area contributed by atoms with E-state index >= 15 is 0 Å². The number of piperidine rings is 1. The lowest BCUT2D eigenvalue weighted by Crippen LogP contribution is -2.41. The third kappa shape index (κ3) is 3.10. The van der Waals surface area contributed by atoms with Crippen molar-refractivity contribution in [1.82, 2.24) is 19.6 Å². The van der Waals surface area contributed by atoms with Crippen molar-refractivity contribution in [2.45, 2.75) is 38.3 Å². The fourth-order valence-electron chi connectivity index (χ4n) is 4.80. The summed E-state index contributed by atoms with van der Waals surface area (Å²) in [6.45, 7) is 3.97. The van der Waals surface area contributed by atoms with Gasteiger partial charge in [0.25, 0.3) is 0 Å². The number of fused-ring (bicyclic) bond motifs is 2. The van der Waals surface area contributed by atoms with Crippen LogP contribution in [0.2, 0.25) is 0 Å². The predicted octanol–water partition coefficient (Wildman–Crippen LogP) is 4.27. The maximum absolute atomic E-state index is 12.7. The molecule has 3 heterocycles. The zero-order valence-electron chi connectivity index (χ0n) is 17.3. The van der Waals surface area contributed by atoms with Crippen LogP contribution in [0.25, 0.3) is 22.0 Å². The lowest BCUT2D eigenvalue weighted by molar-refractivity contribution is 0.101. The Hall–Kier alpha value is -3.06. The fourth-order valence-corrected chi connectivity index (χ4v) is 4.80. The number of aromatic amines is 1. The molecule has 5 rings (SSSR count). The Balaban J connectivity index is 1.37. The number of aromatic nitrogens is 3. The molecule has 1 aliphatic heterocycles. The van der Waals surface area contributed by atoms with Crippen LogP contribution in [0.3, 0.4) is 0 Å². The van der Waals surface area contributed by atoms with Gasteiger partial charge in [-0.3, -0.25) is 9.47 Å². The van der Waals surface area contributed by atoms with E-state index in [0.717, 1.165) is 65.8 Å².